The molecule has 1 amide bonds. The van der Waals surface area contributed by atoms with E-state index in [4.69, 9.17) is 0 Å². The van der Waals surface area contributed by atoms with Gasteiger partial charge in [-0.1, -0.05) is 6.07 Å². The van der Waals surface area contributed by atoms with Crippen LogP contribution in [0, 0.1) is 0 Å². The molecular weight excluding hydrogens is 252 g/mol. The summed E-state index contributed by atoms with van der Waals surface area (Å²) in [6.45, 7) is 4.57. The van der Waals surface area contributed by atoms with Gasteiger partial charge >= 0.3 is 0 Å². The van der Waals surface area contributed by atoms with Crippen LogP contribution in [0.5, 0.6) is 0 Å². The number of carbonyl (C=O) groups is 1. The molecule has 0 fully saturated rings. The van der Waals surface area contributed by atoms with Gasteiger partial charge in [0.2, 0.25) is 0 Å². The molecule has 2 N–H and O–H groups in total. The lowest BCUT2D eigenvalue weighted by Crippen LogP contribution is -2.30. The van der Waals surface area contributed by atoms with Crippen molar-refractivity contribution >= 4 is 11.6 Å². The number of hydrogen-bond acceptors (Lipinski definition) is 3. The van der Waals surface area contributed by atoms with Gasteiger partial charge in [-0.25, -0.2) is 0 Å². The highest BCUT2D eigenvalue weighted by Gasteiger charge is 2.07. The molecule has 1 heterocycles. The molecule has 0 saturated carbocycles. The second-order valence-corrected chi connectivity index (χ2v) is 5.01. The number of anilines is 1. The molecule has 5 nitrogen and oxygen atoms in total. The number of hydrogen-bond donors (Lipinski definition) is 2. The van der Waals surface area contributed by atoms with Crippen LogP contribution in [0.15, 0.2) is 36.5 Å². The molecule has 0 spiro atoms. The van der Waals surface area contributed by atoms with Gasteiger partial charge in [0.15, 0.2) is 0 Å². The highest BCUT2D eigenvalue weighted by atomic mass is 16.1. The van der Waals surface area contributed by atoms with Gasteiger partial charge in [-0.3, -0.25) is 9.48 Å². The molecule has 0 unspecified atom stereocenters. The van der Waals surface area contributed by atoms with Crippen molar-refractivity contribution in [3.63, 3.8) is 0 Å². The van der Waals surface area contributed by atoms with Crippen molar-refractivity contribution < 1.29 is 4.79 Å². The Hall–Kier alpha value is -2.30. The minimum Gasteiger partial charge on any atom is -0.379 e. The Morgan fingerprint density at radius 3 is 2.80 bits per heavy atom. The summed E-state index contributed by atoms with van der Waals surface area (Å²) in [5.74, 6) is -0.0517. The van der Waals surface area contributed by atoms with Crippen LogP contribution in [0.3, 0.4) is 0 Å². The van der Waals surface area contributed by atoms with Crippen molar-refractivity contribution in [3.8, 4) is 0 Å². The Labute approximate surface area is 119 Å². The van der Waals surface area contributed by atoms with Crippen LogP contribution in [-0.2, 0) is 13.6 Å². The second-order valence-electron chi connectivity index (χ2n) is 5.01. The summed E-state index contributed by atoms with van der Waals surface area (Å²) in [5.41, 5.74) is 2.67. The van der Waals surface area contributed by atoms with E-state index in [0.717, 1.165) is 11.4 Å². The van der Waals surface area contributed by atoms with E-state index in [1.165, 1.54) is 0 Å². The third kappa shape index (κ3) is 3.60. The zero-order chi connectivity index (χ0) is 14.5. The molecule has 0 aliphatic carbocycles. The van der Waals surface area contributed by atoms with Gasteiger partial charge in [-0.15, -0.1) is 0 Å². The smallest absolute Gasteiger partial charge is 0.251 e. The minimum absolute atomic E-state index is 0.0517. The Morgan fingerprint density at radius 1 is 1.35 bits per heavy atom. The fourth-order valence-corrected chi connectivity index (χ4v) is 1.88. The van der Waals surface area contributed by atoms with Gasteiger partial charge in [-0.2, -0.15) is 5.10 Å². The van der Waals surface area contributed by atoms with Crippen molar-refractivity contribution in [2.45, 2.75) is 26.4 Å². The zero-order valence-corrected chi connectivity index (χ0v) is 12.1. The third-order valence-corrected chi connectivity index (χ3v) is 2.94. The summed E-state index contributed by atoms with van der Waals surface area (Å²) < 4.78 is 1.82. The molecular formula is C15H20N4O. The number of aryl methyl sites for hydroxylation is 1. The van der Waals surface area contributed by atoms with E-state index in [1.807, 2.05) is 55.9 Å². The van der Waals surface area contributed by atoms with E-state index >= 15 is 0 Å². The van der Waals surface area contributed by atoms with Gasteiger partial charge in [0, 0.05) is 30.5 Å². The van der Waals surface area contributed by atoms with Crippen molar-refractivity contribution in [1.29, 1.82) is 0 Å². The number of nitrogens with zero attached hydrogens (tertiary/aromatic N) is 2. The first-order chi connectivity index (χ1) is 9.56. The standard InChI is InChI=1S/C15H20N4O/c1-11(2)18-15(20)12-5-4-6-13(9-12)16-10-14-7-8-17-19(14)3/h4-9,11,16H,10H2,1-3H3,(H,18,20). The minimum atomic E-state index is -0.0517. The molecule has 20 heavy (non-hydrogen) atoms. The number of rotatable bonds is 5. The van der Waals surface area contributed by atoms with Gasteiger partial charge in [0.05, 0.1) is 12.2 Å². The lowest BCUT2D eigenvalue weighted by molar-refractivity contribution is 0.0943. The molecule has 0 atom stereocenters. The average Bonchev–Trinajstić information content (AvgIpc) is 2.81. The molecule has 0 saturated heterocycles. The topological polar surface area (TPSA) is 59.0 Å². The Morgan fingerprint density at radius 2 is 2.15 bits per heavy atom. The molecule has 0 aliphatic heterocycles. The summed E-state index contributed by atoms with van der Waals surface area (Å²) in [7, 11) is 1.91. The van der Waals surface area contributed by atoms with E-state index in [2.05, 4.69) is 15.7 Å². The lowest BCUT2D eigenvalue weighted by Gasteiger charge is -2.11. The summed E-state index contributed by atoms with van der Waals surface area (Å²) in [6.07, 6.45) is 1.77. The van der Waals surface area contributed by atoms with Gasteiger partial charge < -0.3 is 10.6 Å². The Kier molecular flexibility index (Phi) is 4.40. The highest BCUT2D eigenvalue weighted by molar-refractivity contribution is 5.95. The fraction of sp³-hybridized carbons (Fsp3) is 0.333. The zero-order valence-electron chi connectivity index (χ0n) is 12.1. The molecule has 0 bridgehead atoms. The first-order valence-corrected chi connectivity index (χ1v) is 6.68. The van der Waals surface area contributed by atoms with Gasteiger partial charge in [-0.05, 0) is 38.1 Å². The summed E-state index contributed by atoms with van der Waals surface area (Å²) in [4.78, 5) is 11.9. The molecule has 106 valence electrons. The molecule has 0 aliphatic rings. The van der Waals surface area contributed by atoms with Crippen LogP contribution in [0.2, 0.25) is 0 Å². The predicted molar refractivity (Wildman–Crippen MR) is 79.6 cm³/mol. The number of nitrogens with one attached hydrogen (secondary N) is 2. The summed E-state index contributed by atoms with van der Waals surface area (Å²) in [5, 5.41) is 10.3. The first-order valence-electron chi connectivity index (χ1n) is 6.68. The van der Waals surface area contributed by atoms with Crippen LogP contribution >= 0.6 is 0 Å². The van der Waals surface area contributed by atoms with Gasteiger partial charge in [0.1, 0.15) is 0 Å². The SMILES string of the molecule is CC(C)NC(=O)c1cccc(NCc2ccnn2C)c1. The maximum absolute atomic E-state index is 11.9. The van der Waals surface area contributed by atoms with E-state index in [9.17, 15) is 4.79 Å². The highest BCUT2D eigenvalue weighted by Crippen LogP contribution is 2.12. The average molecular weight is 272 g/mol. The number of carbonyl (C=O) groups excluding carboxylic acids is 1. The van der Waals surface area contributed by atoms with Crippen LogP contribution in [0.25, 0.3) is 0 Å². The molecule has 2 rings (SSSR count). The molecule has 1 aromatic heterocycles. The van der Waals surface area contributed by atoms with E-state index in [0.29, 0.717) is 12.1 Å². The molecule has 5 heteroatoms. The van der Waals surface area contributed by atoms with E-state index < -0.39 is 0 Å². The maximum Gasteiger partial charge on any atom is 0.251 e. The molecule has 1 aromatic carbocycles. The molecule has 0 radical (unpaired) electrons. The van der Waals surface area contributed by atoms with Crippen molar-refractivity contribution in [2.75, 3.05) is 5.32 Å². The van der Waals surface area contributed by atoms with Crippen LogP contribution < -0.4 is 10.6 Å². The van der Waals surface area contributed by atoms with Crippen molar-refractivity contribution in [1.82, 2.24) is 15.1 Å². The van der Waals surface area contributed by atoms with Gasteiger partial charge in [0.25, 0.3) is 5.91 Å². The monoisotopic (exact) mass is 272 g/mol. The number of aromatic nitrogens is 2. The quantitative estimate of drug-likeness (QED) is 0.877. The maximum atomic E-state index is 11.9. The van der Waals surface area contributed by atoms with Crippen LogP contribution in [0.4, 0.5) is 5.69 Å². The fourth-order valence-electron chi connectivity index (χ4n) is 1.88. The molecule has 2 aromatic rings. The van der Waals surface area contributed by atoms with Crippen LogP contribution in [0.1, 0.15) is 29.9 Å². The van der Waals surface area contributed by atoms with Crippen molar-refractivity contribution in [3.05, 3.63) is 47.8 Å². The first kappa shape index (κ1) is 14.1. The Bertz CT molecular complexity index is 589. The lowest BCUT2D eigenvalue weighted by atomic mass is 10.1. The number of benzene rings is 1. The summed E-state index contributed by atoms with van der Waals surface area (Å²) >= 11 is 0. The third-order valence-electron chi connectivity index (χ3n) is 2.94. The number of amides is 1. The predicted octanol–water partition coefficient (Wildman–Crippen LogP) is 2.17. The largest absolute Gasteiger partial charge is 0.379 e. The normalized spacial score (nSPS) is 10.6. The second kappa shape index (κ2) is 6.23. The van der Waals surface area contributed by atoms with Crippen LogP contribution in [-0.4, -0.2) is 21.7 Å². The van der Waals surface area contributed by atoms with E-state index in [1.54, 1.807) is 6.20 Å². The van der Waals surface area contributed by atoms with Crippen molar-refractivity contribution in [2.24, 2.45) is 7.05 Å². The van der Waals surface area contributed by atoms with E-state index in [-0.39, 0.29) is 11.9 Å². The summed E-state index contributed by atoms with van der Waals surface area (Å²) in [6, 6.07) is 9.58. The Balaban J connectivity index is 2.02.